The Morgan fingerprint density at radius 1 is 1.20 bits per heavy atom. The summed E-state index contributed by atoms with van der Waals surface area (Å²) in [5, 5.41) is 3.36. The van der Waals surface area contributed by atoms with Crippen LogP contribution in [-0.2, 0) is 13.1 Å². The number of halogens is 1. The van der Waals surface area contributed by atoms with E-state index in [1.165, 1.54) is 10.5 Å². The average molecular weight is 472 g/mol. The molecule has 0 saturated carbocycles. The van der Waals surface area contributed by atoms with Crippen LogP contribution in [-0.4, -0.2) is 43.3 Å². The number of nitrogens with one attached hydrogen (secondary N) is 1. The molecule has 0 atom stereocenters. The smallest absolute Gasteiger partial charge is 0.212 e. The highest BCUT2D eigenvalue weighted by atomic mass is 127. The third-order valence-electron chi connectivity index (χ3n) is 3.61. The maximum atomic E-state index is 5.07. The number of nitrogens with zero attached hydrogens (tertiary/aromatic N) is 3. The van der Waals surface area contributed by atoms with Gasteiger partial charge < -0.3 is 15.0 Å². The van der Waals surface area contributed by atoms with Gasteiger partial charge in [-0.25, -0.2) is 4.98 Å². The predicted octanol–water partition coefficient (Wildman–Crippen LogP) is 3.64. The van der Waals surface area contributed by atoms with Gasteiger partial charge in [-0.15, -0.1) is 35.7 Å². The fourth-order valence-corrected chi connectivity index (χ4v) is 2.69. The molecule has 2 aromatic rings. The van der Waals surface area contributed by atoms with Crippen molar-refractivity contribution in [2.75, 3.05) is 27.5 Å². The van der Waals surface area contributed by atoms with E-state index < -0.39 is 0 Å². The van der Waals surface area contributed by atoms with E-state index in [0.717, 1.165) is 18.1 Å². The first-order chi connectivity index (χ1) is 11.7. The summed E-state index contributed by atoms with van der Waals surface area (Å²) in [5.74, 6) is 1.47. The third kappa shape index (κ3) is 6.74. The fraction of sp³-hybridized carbons (Fsp3) is 0.333. The van der Waals surface area contributed by atoms with E-state index >= 15 is 0 Å². The number of aromatic nitrogens is 1. The zero-order valence-electron chi connectivity index (χ0n) is 15.0. The van der Waals surface area contributed by atoms with Crippen LogP contribution < -0.4 is 10.1 Å². The Hall–Kier alpha value is -1.48. The molecule has 0 aliphatic carbocycles. The van der Waals surface area contributed by atoms with Crippen molar-refractivity contribution >= 4 is 41.7 Å². The van der Waals surface area contributed by atoms with Crippen molar-refractivity contribution in [2.24, 2.45) is 4.99 Å². The van der Waals surface area contributed by atoms with E-state index in [-0.39, 0.29) is 24.0 Å². The molecule has 0 fully saturated rings. The monoisotopic (exact) mass is 472 g/mol. The Morgan fingerprint density at radius 3 is 2.40 bits per heavy atom. The van der Waals surface area contributed by atoms with Crippen molar-refractivity contribution in [3.05, 3.63) is 53.7 Å². The molecule has 0 bridgehead atoms. The number of ether oxygens (including phenoxy) is 1. The number of hydrogen-bond acceptors (Lipinski definition) is 4. The van der Waals surface area contributed by atoms with Gasteiger partial charge in [-0.1, -0.05) is 18.2 Å². The second kappa shape index (κ2) is 11.2. The number of hydrogen-bond donors (Lipinski definition) is 1. The molecule has 0 unspecified atom stereocenters. The number of aliphatic imine (C=N–C) groups is 1. The topological polar surface area (TPSA) is 49.8 Å². The highest BCUT2D eigenvalue weighted by Crippen LogP contribution is 2.15. The second-order valence-electron chi connectivity index (χ2n) is 5.31. The van der Waals surface area contributed by atoms with Gasteiger partial charge in [0, 0.05) is 44.3 Å². The molecule has 0 aliphatic rings. The quantitative estimate of drug-likeness (QED) is 0.301. The van der Waals surface area contributed by atoms with Crippen LogP contribution in [0.5, 0.6) is 5.88 Å². The van der Waals surface area contributed by atoms with Crippen molar-refractivity contribution in [3.63, 3.8) is 0 Å². The highest BCUT2D eigenvalue weighted by Gasteiger charge is 2.07. The standard InChI is InChI=1S/C18H24N4OS.HI/c1-19-18(21-12-15-7-10-17(23-3)20-11-15)22(2)13-14-5-8-16(24-4)9-6-14;/h5-11H,12-13H2,1-4H3,(H,19,21);1H. The summed E-state index contributed by atoms with van der Waals surface area (Å²) in [5.41, 5.74) is 2.33. The molecule has 1 heterocycles. The molecule has 7 heteroatoms. The number of thioether (sulfide) groups is 1. The van der Waals surface area contributed by atoms with Crippen LogP contribution >= 0.6 is 35.7 Å². The van der Waals surface area contributed by atoms with Crippen molar-refractivity contribution in [1.29, 1.82) is 0 Å². The van der Waals surface area contributed by atoms with Crippen LogP contribution in [0.1, 0.15) is 11.1 Å². The van der Waals surface area contributed by atoms with Crippen LogP contribution in [0.3, 0.4) is 0 Å². The number of methoxy groups -OCH3 is 1. The van der Waals surface area contributed by atoms with Crippen molar-refractivity contribution in [3.8, 4) is 5.88 Å². The lowest BCUT2D eigenvalue weighted by Gasteiger charge is -2.22. The minimum atomic E-state index is 0. The lowest BCUT2D eigenvalue weighted by atomic mass is 10.2. The first-order valence-corrected chi connectivity index (χ1v) is 8.92. The van der Waals surface area contributed by atoms with Gasteiger partial charge in [0.1, 0.15) is 0 Å². The maximum Gasteiger partial charge on any atom is 0.212 e. The predicted molar refractivity (Wildman–Crippen MR) is 116 cm³/mol. The summed E-state index contributed by atoms with van der Waals surface area (Å²) in [7, 11) is 5.44. The molecule has 0 amide bonds. The molecular weight excluding hydrogens is 447 g/mol. The molecule has 0 saturated heterocycles. The van der Waals surface area contributed by atoms with E-state index in [0.29, 0.717) is 12.4 Å². The number of guanidine groups is 1. The number of pyridine rings is 1. The molecule has 25 heavy (non-hydrogen) atoms. The van der Waals surface area contributed by atoms with Gasteiger partial charge in [-0.05, 0) is 29.5 Å². The lowest BCUT2D eigenvalue weighted by Crippen LogP contribution is -2.38. The third-order valence-corrected chi connectivity index (χ3v) is 4.35. The van der Waals surface area contributed by atoms with Crippen molar-refractivity contribution in [1.82, 2.24) is 15.2 Å². The Labute approximate surface area is 171 Å². The van der Waals surface area contributed by atoms with E-state index in [1.54, 1.807) is 32.1 Å². The summed E-state index contributed by atoms with van der Waals surface area (Å²) in [6.07, 6.45) is 3.89. The van der Waals surface area contributed by atoms with Crippen LogP contribution in [0.4, 0.5) is 0 Å². The zero-order chi connectivity index (χ0) is 17.4. The molecule has 0 aliphatic heterocycles. The van der Waals surface area contributed by atoms with Crippen molar-refractivity contribution in [2.45, 2.75) is 18.0 Å². The van der Waals surface area contributed by atoms with Crippen molar-refractivity contribution < 1.29 is 4.74 Å². The first kappa shape index (κ1) is 21.6. The van der Waals surface area contributed by atoms with Gasteiger partial charge in [0.25, 0.3) is 0 Å². The van der Waals surface area contributed by atoms with Crippen LogP contribution in [0.25, 0.3) is 0 Å². The van der Waals surface area contributed by atoms with Crippen LogP contribution in [0.2, 0.25) is 0 Å². The molecule has 1 aromatic heterocycles. The molecule has 1 aromatic carbocycles. The molecule has 0 radical (unpaired) electrons. The fourth-order valence-electron chi connectivity index (χ4n) is 2.28. The SMILES string of the molecule is CN=C(NCc1ccc(OC)nc1)N(C)Cc1ccc(SC)cc1.I. The van der Waals surface area contributed by atoms with E-state index in [1.807, 2.05) is 19.2 Å². The summed E-state index contributed by atoms with van der Waals surface area (Å²) < 4.78 is 5.07. The van der Waals surface area contributed by atoms with Gasteiger partial charge >= 0.3 is 0 Å². The summed E-state index contributed by atoms with van der Waals surface area (Å²) in [4.78, 5) is 11.9. The second-order valence-corrected chi connectivity index (χ2v) is 6.19. The summed E-state index contributed by atoms with van der Waals surface area (Å²) in [6.45, 7) is 1.47. The molecule has 0 spiro atoms. The Kier molecular flexibility index (Phi) is 9.66. The first-order valence-electron chi connectivity index (χ1n) is 7.70. The molecule has 1 N–H and O–H groups in total. The Bertz CT molecular complexity index is 662. The lowest BCUT2D eigenvalue weighted by molar-refractivity contribution is 0.397. The minimum absolute atomic E-state index is 0. The number of benzene rings is 1. The Morgan fingerprint density at radius 2 is 1.88 bits per heavy atom. The zero-order valence-corrected chi connectivity index (χ0v) is 18.2. The van der Waals surface area contributed by atoms with E-state index in [2.05, 4.69) is 50.7 Å². The van der Waals surface area contributed by atoms with Gasteiger partial charge in [0.15, 0.2) is 5.96 Å². The average Bonchev–Trinajstić information content (AvgIpc) is 2.63. The number of rotatable bonds is 6. The van der Waals surface area contributed by atoms with E-state index in [9.17, 15) is 0 Å². The van der Waals surface area contributed by atoms with Crippen LogP contribution in [0.15, 0.2) is 52.5 Å². The Balaban J connectivity index is 0.00000312. The minimum Gasteiger partial charge on any atom is -0.481 e. The maximum absolute atomic E-state index is 5.07. The van der Waals surface area contributed by atoms with Gasteiger partial charge in [0.05, 0.1) is 7.11 Å². The van der Waals surface area contributed by atoms with Gasteiger partial charge in [-0.2, -0.15) is 0 Å². The highest BCUT2D eigenvalue weighted by molar-refractivity contribution is 14.0. The normalized spacial score (nSPS) is 10.8. The molecule has 136 valence electrons. The summed E-state index contributed by atoms with van der Waals surface area (Å²) >= 11 is 1.75. The largest absolute Gasteiger partial charge is 0.481 e. The molecule has 2 rings (SSSR count). The van der Waals surface area contributed by atoms with Gasteiger partial charge in [-0.3, -0.25) is 4.99 Å². The summed E-state index contributed by atoms with van der Waals surface area (Å²) in [6, 6.07) is 12.5. The van der Waals surface area contributed by atoms with Gasteiger partial charge in [0.2, 0.25) is 5.88 Å². The molecule has 5 nitrogen and oxygen atoms in total. The molecular formula is C18H25IN4OS. The van der Waals surface area contributed by atoms with Crippen LogP contribution in [0, 0.1) is 0 Å². The van der Waals surface area contributed by atoms with E-state index in [4.69, 9.17) is 4.74 Å².